The lowest BCUT2D eigenvalue weighted by Crippen LogP contribution is -2.15. The molecule has 22 heavy (non-hydrogen) atoms. The van der Waals surface area contributed by atoms with Crippen molar-refractivity contribution in [2.75, 3.05) is 11.9 Å². The third kappa shape index (κ3) is 3.18. The summed E-state index contributed by atoms with van der Waals surface area (Å²) >= 11 is 0. The number of nitrogens with zero attached hydrogens (tertiary/aromatic N) is 2. The second-order valence-electron chi connectivity index (χ2n) is 6.08. The van der Waals surface area contributed by atoms with Crippen LogP contribution in [0.4, 0.5) is 5.82 Å². The predicted octanol–water partition coefficient (Wildman–Crippen LogP) is 3.00. The predicted molar refractivity (Wildman–Crippen MR) is 87.9 cm³/mol. The van der Waals surface area contributed by atoms with Crippen LogP contribution in [0.25, 0.3) is 11.4 Å². The van der Waals surface area contributed by atoms with Crippen molar-refractivity contribution >= 4 is 5.82 Å². The van der Waals surface area contributed by atoms with E-state index < -0.39 is 0 Å². The summed E-state index contributed by atoms with van der Waals surface area (Å²) in [5.74, 6) is 1.45. The third-order valence-electron chi connectivity index (χ3n) is 4.55. The lowest BCUT2D eigenvalue weighted by Gasteiger charge is -2.14. The standard InChI is InChI=1S/C17H22N4O/c1-3-13-9-15(22)21-16(20-13)12-5-6-14(18-10-12)19-11-17(4-2)7-8-17/h5-6,9-10H,3-4,7-8,11H2,1-2H3,(H,18,19)(H,20,21,22). The Balaban J connectivity index is 1.73. The van der Waals surface area contributed by atoms with Crippen LogP contribution in [0.15, 0.2) is 29.2 Å². The van der Waals surface area contributed by atoms with Crippen LogP contribution in [0.3, 0.4) is 0 Å². The molecule has 2 aromatic heterocycles. The number of hydrogen-bond acceptors (Lipinski definition) is 4. The fourth-order valence-electron chi connectivity index (χ4n) is 2.57. The van der Waals surface area contributed by atoms with Gasteiger partial charge in [-0.3, -0.25) is 4.79 Å². The van der Waals surface area contributed by atoms with Gasteiger partial charge in [-0.25, -0.2) is 9.97 Å². The van der Waals surface area contributed by atoms with Gasteiger partial charge in [-0.15, -0.1) is 0 Å². The molecule has 0 bridgehead atoms. The van der Waals surface area contributed by atoms with Gasteiger partial charge in [-0.2, -0.15) is 0 Å². The van der Waals surface area contributed by atoms with E-state index in [1.165, 1.54) is 25.3 Å². The molecule has 0 atom stereocenters. The zero-order chi connectivity index (χ0) is 15.6. The highest BCUT2D eigenvalue weighted by Gasteiger charge is 2.40. The van der Waals surface area contributed by atoms with Gasteiger partial charge < -0.3 is 10.3 Å². The van der Waals surface area contributed by atoms with Crippen molar-refractivity contribution in [1.82, 2.24) is 15.0 Å². The van der Waals surface area contributed by atoms with Crippen LogP contribution in [-0.4, -0.2) is 21.5 Å². The largest absolute Gasteiger partial charge is 0.370 e. The summed E-state index contributed by atoms with van der Waals surface area (Å²) in [6, 6.07) is 5.42. The molecule has 0 spiro atoms. The summed E-state index contributed by atoms with van der Waals surface area (Å²) in [6.45, 7) is 5.21. The Morgan fingerprint density at radius 3 is 2.73 bits per heavy atom. The van der Waals surface area contributed by atoms with E-state index >= 15 is 0 Å². The molecule has 0 unspecified atom stereocenters. The van der Waals surface area contributed by atoms with Gasteiger partial charge in [0, 0.05) is 30.1 Å². The number of hydrogen-bond donors (Lipinski definition) is 2. The number of H-pyrrole nitrogens is 1. The summed E-state index contributed by atoms with van der Waals surface area (Å²) in [4.78, 5) is 23.3. The first-order chi connectivity index (χ1) is 10.6. The van der Waals surface area contributed by atoms with E-state index in [0.29, 0.717) is 11.2 Å². The topological polar surface area (TPSA) is 70.7 Å². The molecule has 0 amide bonds. The average molecular weight is 298 g/mol. The lowest BCUT2D eigenvalue weighted by atomic mass is 10.0. The van der Waals surface area contributed by atoms with Crippen molar-refractivity contribution in [1.29, 1.82) is 0 Å². The van der Waals surface area contributed by atoms with Crippen molar-refractivity contribution in [3.05, 3.63) is 40.4 Å². The highest BCUT2D eigenvalue weighted by molar-refractivity contribution is 5.55. The smallest absolute Gasteiger partial charge is 0.251 e. The summed E-state index contributed by atoms with van der Waals surface area (Å²) in [6.07, 6.45) is 6.33. The minimum Gasteiger partial charge on any atom is -0.370 e. The number of anilines is 1. The minimum atomic E-state index is -0.123. The Labute approximate surface area is 130 Å². The lowest BCUT2D eigenvalue weighted by molar-refractivity contribution is 0.521. The zero-order valence-corrected chi connectivity index (χ0v) is 13.1. The molecule has 0 aromatic carbocycles. The van der Waals surface area contributed by atoms with Gasteiger partial charge in [-0.1, -0.05) is 13.8 Å². The molecule has 1 fully saturated rings. The molecule has 0 radical (unpaired) electrons. The molecule has 1 aliphatic carbocycles. The summed E-state index contributed by atoms with van der Waals surface area (Å²) in [5, 5.41) is 3.41. The normalized spacial score (nSPS) is 15.5. The maximum Gasteiger partial charge on any atom is 0.251 e. The molecule has 1 aliphatic rings. The van der Waals surface area contributed by atoms with Gasteiger partial charge in [0.25, 0.3) is 5.56 Å². The van der Waals surface area contributed by atoms with Crippen LogP contribution in [0.5, 0.6) is 0 Å². The van der Waals surface area contributed by atoms with E-state index in [0.717, 1.165) is 30.0 Å². The first-order valence-corrected chi connectivity index (χ1v) is 7.95. The molecule has 2 aromatic rings. The monoisotopic (exact) mass is 298 g/mol. The fraction of sp³-hybridized carbons (Fsp3) is 0.471. The second-order valence-corrected chi connectivity index (χ2v) is 6.08. The molecular formula is C17H22N4O. The van der Waals surface area contributed by atoms with Gasteiger partial charge in [0.05, 0.1) is 0 Å². The van der Waals surface area contributed by atoms with Crippen LogP contribution in [0.1, 0.15) is 38.8 Å². The second kappa shape index (κ2) is 5.91. The van der Waals surface area contributed by atoms with E-state index in [1.807, 2.05) is 19.1 Å². The molecule has 2 heterocycles. The Bertz CT molecular complexity index is 701. The maximum absolute atomic E-state index is 11.6. The molecule has 5 heteroatoms. The highest BCUT2D eigenvalue weighted by Crippen LogP contribution is 2.48. The van der Waals surface area contributed by atoms with Gasteiger partial charge in [0.2, 0.25) is 0 Å². The van der Waals surface area contributed by atoms with E-state index in [1.54, 1.807) is 6.20 Å². The molecule has 5 nitrogen and oxygen atoms in total. The molecule has 1 saturated carbocycles. The highest BCUT2D eigenvalue weighted by atomic mass is 16.1. The first-order valence-electron chi connectivity index (χ1n) is 7.95. The number of pyridine rings is 1. The molecular weight excluding hydrogens is 276 g/mol. The van der Waals surface area contributed by atoms with Crippen molar-refractivity contribution in [3.8, 4) is 11.4 Å². The average Bonchev–Trinajstić information content (AvgIpc) is 3.33. The van der Waals surface area contributed by atoms with Crippen LogP contribution in [-0.2, 0) is 6.42 Å². The van der Waals surface area contributed by atoms with Gasteiger partial charge >= 0.3 is 0 Å². The van der Waals surface area contributed by atoms with Crippen LogP contribution in [0, 0.1) is 5.41 Å². The number of nitrogens with one attached hydrogen (secondary N) is 2. The molecule has 116 valence electrons. The van der Waals surface area contributed by atoms with Crippen molar-refractivity contribution in [2.24, 2.45) is 5.41 Å². The summed E-state index contributed by atoms with van der Waals surface area (Å²) in [5.41, 5.74) is 1.99. The third-order valence-corrected chi connectivity index (χ3v) is 4.55. The van der Waals surface area contributed by atoms with Gasteiger partial charge in [-0.05, 0) is 43.2 Å². The van der Waals surface area contributed by atoms with E-state index in [9.17, 15) is 4.79 Å². The van der Waals surface area contributed by atoms with Crippen molar-refractivity contribution < 1.29 is 0 Å². The maximum atomic E-state index is 11.6. The summed E-state index contributed by atoms with van der Waals surface area (Å²) in [7, 11) is 0. The SMILES string of the molecule is CCc1cc(=O)[nH]c(-c2ccc(NCC3(CC)CC3)nc2)n1. The van der Waals surface area contributed by atoms with E-state index in [2.05, 4.69) is 27.2 Å². The number of aromatic amines is 1. The molecule has 0 saturated heterocycles. The van der Waals surface area contributed by atoms with Crippen LogP contribution >= 0.6 is 0 Å². The van der Waals surface area contributed by atoms with Crippen LogP contribution in [0.2, 0.25) is 0 Å². The quantitative estimate of drug-likeness (QED) is 0.860. The van der Waals surface area contributed by atoms with E-state index in [4.69, 9.17) is 0 Å². The zero-order valence-electron chi connectivity index (χ0n) is 13.1. The fourth-order valence-corrected chi connectivity index (χ4v) is 2.57. The van der Waals surface area contributed by atoms with Crippen molar-refractivity contribution in [3.63, 3.8) is 0 Å². The molecule has 2 N–H and O–H groups in total. The first kappa shape index (κ1) is 14.8. The van der Waals surface area contributed by atoms with Gasteiger partial charge in [0.1, 0.15) is 11.6 Å². The Morgan fingerprint density at radius 2 is 2.14 bits per heavy atom. The van der Waals surface area contributed by atoms with Crippen LogP contribution < -0.4 is 10.9 Å². The Hall–Kier alpha value is -2.17. The van der Waals surface area contributed by atoms with Gasteiger partial charge in [0.15, 0.2) is 0 Å². The number of aromatic nitrogens is 3. The number of aryl methyl sites for hydroxylation is 1. The Kier molecular flexibility index (Phi) is 3.96. The Morgan fingerprint density at radius 1 is 1.32 bits per heavy atom. The van der Waals surface area contributed by atoms with E-state index in [-0.39, 0.29) is 5.56 Å². The molecule has 3 rings (SSSR count). The minimum absolute atomic E-state index is 0.123. The molecule has 0 aliphatic heterocycles. The summed E-state index contributed by atoms with van der Waals surface area (Å²) < 4.78 is 0. The van der Waals surface area contributed by atoms with Crippen molar-refractivity contribution in [2.45, 2.75) is 39.5 Å². The number of rotatable bonds is 6.